The molecule has 0 unspecified atom stereocenters. The van der Waals surface area contributed by atoms with Gasteiger partial charge in [-0.25, -0.2) is 9.59 Å². The molecule has 152 valence electrons. The van der Waals surface area contributed by atoms with Gasteiger partial charge < -0.3 is 21.2 Å². The topological polar surface area (TPSA) is 84.9 Å². The Kier molecular flexibility index (Phi) is 7.27. The van der Waals surface area contributed by atoms with Crippen LogP contribution in [0, 0.1) is 12.3 Å². The van der Waals surface area contributed by atoms with Crippen molar-refractivity contribution >= 4 is 18.1 Å². The van der Waals surface area contributed by atoms with Gasteiger partial charge in [-0.1, -0.05) is 36.4 Å². The van der Waals surface area contributed by atoms with E-state index in [1.165, 1.54) is 4.90 Å². The van der Waals surface area contributed by atoms with Crippen LogP contribution < -0.4 is 5.32 Å². The molecule has 3 rings (SSSR count). The quantitative estimate of drug-likeness (QED) is 0.578. The monoisotopic (exact) mass is 557 g/mol. The number of carbonyl (C=O) groups excluding carboxylic acids is 3. The number of nitrogens with zero attached hydrogens (tertiary/aromatic N) is 1. The van der Waals surface area contributed by atoms with Gasteiger partial charge in [0.15, 0.2) is 0 Å². The van der Waals surface area contributed by atoms with Crippen LogP contribution in [0.1, 0.15) is 39.2 Å². The summed E-state index contributed by atoms with van der Waals surface area (Å²) in [6.45, 7) is 5.44. The average molecular weight is 557 g/mol. The molecule has 1 heterocycles. The summed E-state index contributed by atoms with van der Waals surface area (Å²) >= 11 is 0. The van der Waals surface area contributed by atoms with E-state index >= 15 is 0 Å². The molecule has 1 saturated heterocycles. The standard InChI is InChI=1S/C20H25N2O5.W/c1-20(2,3)27-19(25)22-14-9-10-16(15(11-14)17(22)23)21-18(24)26-12-13-7-5-4-6-8-13;/h4-9,14-16H,10-12H2,1-3H3,(H,21,24);/q-1;/t14-,15-,16-;/m0./s1. The van der Waals surface area contributed by atoms with Gasteiger partial charge in [0.25, 0.3) is 0 Å². The Balaban J connectivity index is 0.00000280. The summed E-state index contributed by atoms with van der Waals surface area (Å²) < 4.78 is 10.6. The summed E-state index contributed by atoms with van der Waals surface area (Å²) in [7, 11) is 0. The van der Waals surface area contributed by atoms with Crippen LogP contribution >= 0.6 is 0 Å². The molecule has 0 spiro atoms. The van der Waals surface area contributed by atoms with Gasteiger partial charge in [-0.15, -0.1) is 0 Å². The summed E-state index contributed by atoms with van der Waals surface area (Å²) in [6, 6.07) is 8.70. The van der Waals surface area contributed by atoms with Crippen LogP contribution in [0.5, 0.6) is 0 Å². The Morgan fingerprint density at radius 3 is 2.57 bits per heavy atom. The van der Waals surface area contributed by atoms with Crippen molar-refractivity contribution in [3.05, 3.63) is 42.3 Å². The summed E-state index contributed by atoms with van der Waals surface area (Å²) in [5.41, 5.74) is 0.211. The van der Waals surface area contributed by atoms with Gasteiger partial charge in [0.1, 0.15) is 12.2 Å². The van der Waals surface area contributed by atoms with Crippen molar-refractivity contribution in [2.45, 2.75) is 57.9 Å². The number of alkyl carbamates (subject to hydrolysis) is 1. The number of carbonyl (C=O) groups is 3. The maximum absolute atomic E-state index is 12.7. The Hall–Kier alpha value is -1.88. The fourth-order valence-corrected chi connectivity index (χ4v) is 3.43. The molecule has 8 heteroatoms. The van der Waals surface area contributed by atoms with E-state index in [0.717, 1.165) is 5.56 Å². The smallest absolute Gasteiger partial charge is 0.414 e. The molecule has 0 radical (unpaired) electrons. The molecule has 2 bridgehead atoms. The van der Waals surface area contributed by atoms with Crippen molar-refractivity contribution in [1.29, 1.82) is 0 Å². The maximum atomic E-state index is 12.7. The van der Waals surface area contributed by atoms with E-state index in [-0.39, 0.29) is 45.7 Å². The van der Waals surface area contributed by atoms with Crippen LogP contribution in [0.3, 0.4) is 0 Å². The van der Waals surface area contributed by atoms with Crippen molar-refractivity contribution in [2.75, 3.05) is 0 Å². The molecule has 2 aliphatic rings. The number of ether oxygens (including phenoxy) is 2. The molecule has 3 amide bonds. The first-order valence-corrected chi connectivity index (χ1v) is 9.11. The fraction of sp³-hybridized carbons (Fsp3) is 0.500. The summed E-state index contributed by atoms with van der Waals surface area (Å²) in [5.74, 6) is -0.756. The predicted molar refractivity (Wildman–Crippen MR) is 97.4 cm³/mol. The van der Waals surface area contributed by atoms with Crippen LogP contribution in [0.2, 0.25) is 0 Å². The third kappa shape index (κ3) is 5.34. The number of fused-ring (bicyclic) bond motifs is 2. The van der Waals surface area contributed by atoms with Gasteiger partial charge in [-0.2, -0.15) is 6.42 Å². The maximum Gasteiger partial charge on any atom is 0.414 e. The van der Waals surface area contributed by atoms with E-state index in [1.807, 2.05) is 36.8 Å². The summed E-state index contributed by atoms with van der Waals surface area (Å²) in [5, 5.41) is 2.76. The van der Waals surface area contributed by atoms with Crippen molar-refractivity contribution in [3.8, 4) is 0 Å². The molecule has 2 fully saturated rings. The molecule has 0 aromatic heterocycles. The first-order valence-electron chi connectivity index (χ1n) is 9.11. The summed E-state index contributed by atoms with van der Waals surface area (Å²) in [4.78, 5) is 38.3. The second kappa shape index (κ2) is 9.08. The minimum atomic E-state index is -0.674. The second-order valence-electron chi connectivity index (χ2n) is 7.88. The largest absolute Gasteiger partial charge is 0.445 e. The molecule has 1 N–H and O–H groups in total. The number of hydrogen-bond acceptors (Lipinski definition) is 5. The van der Waals surface area contributed by atoms with Crippen LogP contribution in [0.4, 0.5) is 9.59 Å². The molecule has 3 atom stereocenters. The fourth-order valence-electron chi connectivity index (χ4n) is 3.43. The van der Waals surface area contributed by atoms with E-state index in [2.05, 4.69) is 5.32 Å². The average Bonchev–Trinajstić information content (AvgIpc) is 2.87. The molecule has 1 saturated carbocycles. The second-order valence-corrected chi connectivity index (χ2v) is 7.88. The molecule has 7 nitrogen and oxygen atoms in total. The van der Waals surface area contributed by atoms with Gasteiger partial charge in [0.2, 0.25) is 5.91 Å². The summed E-state index contributed by atoms with van der Waals surface area (Å²) in [6.07, 6.45) is 1.67. The number of hydrogen-bond donors (Lipinski definition) is 1. The zero-order chi connectivity index (χ0) is 19.6. The van der Waals surface area contributed by atoms with Gasteiger partial charge in [-0.3, -0.25) is 9.69 Å². The van der Waals surface area contributed by atoms with Crippen molar-refractivity contribution in [2.24, 2.45) is 5.92 Å². The SMILES string of the molecule is CC(C)(C)OC(=O)N1C(=O)[C@H]2C[C@@H]1[CH-]C[C@@H]2NC(=O)OCc1ccccc1.[W]. The van der Waals surface area contributed by atoms with Gasteiger partial charge in [0.05, 0.1) is 5.92 Å². The van der Waals surface area contributed by atoms with E-state index in [9.17, 15) is 14.4 Å². The third-order valence-corrected chi connectivity index (χ3v) is 4.64. The van der Waals surface area contributed by atoms with E-state index < -0.39 is 23.7 Å². The number of nitrogens with one attached hydrogen (secondary N) is 1. The van der Waals surface area contributed by atoms with E-state index in [1.54, 1.807) is 20.8 Å². The Morgan fingerprint density at radius 1 is 1.25 bits per heavy atom. The molecule has 28 heavy (non-hydrogen) atoms. The van der Waals surface area contributed by atoms with E-state index in [4.69, 9.17) is 9.47 Å². The van der Waals surface area contributed by atoms with Crippen molar-refractivity contribution < 1.29 is 44.9 Å². The first-order chi connectivity index (χ1) is 12.7. The van der Waals surface area contributed by atoms with Gasteiger partial charge >= 0.3 is 12.2 Å². The first kappa shape index (κ1) is 22.4. The number of rotatable bonds is 3. The van der Waals surface area contributed by atoms with Gasteiger partial charge in [-0.05, 0) is 32.8 Å². The number of benzene rings is 1. The van der Waals surface area contributed by atoms with Crippen molar-refractivity contribution in [3.63, 3.8) is 0 Å². The molecule has 1 aliphatic carbocycles. The Morgan fingerprint density at radius 2 is 1.93 bits per heavy atom. The predicted octanol–water partition coefficient (Wildman–Crippen LogP) is 3.04. The normalized spacial score (nSPS) is 23.6. The molecule has 1 aliphatic heterocycles. The molecule has 1 aromatic rings. The Bertz CT molecular complexity index is 719. The molecule has 1 aromatic carbocycles. The molecular weight excluding hydrogens is 532 g/mol. The van der Waals surface area contributed by atoms with Crippen LogP contribution in [0.15, 0.2) is 30.3 Å². The zero-order valence-corrected chi connectivity index (χ0v) is 19.1. The zero-order valence-electron chi connectivity index (χ0n) is 16.2. The van der Waals surface area contributed by atoms with Crippen LogP contribution in [-0.4, -0.2) is 40.7 Å². The number of imide groups is 1. The third-order valence-electron chi connectivity index (χ3n) is 4.64. The minimum absolute atomic E-state index is 0. The molecular formula is C20H25N2O5W-. The van der Waals surface area contributed by atoms with Crippen molar-refractivity contribution in [1.82, 2.24) is 10.2 Å². The minimum Gasteiger partial charge on any atom is -0.445 e. The Labute approximate surface area is 179 Å². The number of amides is 3. The van der Waals surface area contributed by atoms with E-state index in [0.29, 0.717) is 12.8 Å². The number of likely N-dealkylation sites (tertiary alicyclic amines) is 1. The van der Waals surface area contributed by atoms with Gasteiger partial charge in [0, 0.05) is 27.1 Å². The van der Waals surface area contributed by atoms with Crippen LogP contribution in [0.25, 0.3) is 0 Å². The van der Waals surface area contributed by atoms with Crippen LogP contribution in [-0.2, 0) is 41.9 Å².